The smallest absolute Gasteiger partial charge is 0.0858 e. The van der Waals surface area contributed by atoms with E-state index in [1.54, 1.807) is 18.6 Å². The Bertz CT molecular complexity index is 732. The SMILES string of the molecule is C(#Cc1cccc2cccnc12)c1cccnc1. The second kappa shape index (κ2) is 4.68. The monoisotopic (exact) mass is 230 g/mol. The molecule has 2 aromatic heterocycles. The van der Waals surface area contributed by atoms with Crippen LogP contribution >= 0.6 is 0 Å². The van der Waals surface area contributed by atoms with Crippen LogP contribution in [0.2, 0.25) is 0 Å². The molecule has 2 nitrogen and oxygen atoms in total. The zero-order valence-electron chi connectivity index (χ0n) is 9.67. The van der Waals surface area contributed by atoms with Crippen LogP contribution in [-0.4, -0.2) is 9.97 Å². The van der Waals surface area contributed by atoms with Gasteiger partial charge in [0.1, 0.15) is 0 Å². The molecule has 18 heavy (non-hydrogen) atoms. The zero-order valence-corrected chi connectivity index (χ0v) is 9.67. The minimum absolute atomic E-state index is 0.908. The van der Waals surface area contributed by atoms with Crippen LogP contribution in [0, 0.1) is 11.8 Å². The lowest BCUT2D eigenvalue weighted by atomic mass is 10.1. The van der Waals surface area contributed by atoms with E-state index in [1.165, 1.54) is 0 Å². The summed E-state index contributed by atoms with van der Waals surface area (Å²) in [6.45, 7) is 0. The number of benzene rings is 1. The summed E-state index contributed by atoms with van der Waals surface area (Å²) in [5.74, 6) is 6.25. The highest BCUT2D eigenvalue weighted by Crippen LogP contribution is 2.14. The van der Waals surface area contributed by atoms with E-state index < -0.39 is 0 Å². The first-order chi connectivity index (χ1) is 8.93. The van der Waals surface area contributed by atoms with E-state index in [-0.39, 0.29) is 0 Å². The molecule has 0 saturated heterocycles. The fraction of sp³-hybridized carbons (Fsp3) is 0. The van der Waals surface area contributed by atoms with Crippen LogP contribution in [0.4, 0.5) is 0 Å². The van der Waals surface area contributed by atoms with Crippen molar-refractivity contribution in [2.75, 3.05) is 0 Å². The number of hydrogen-bond donors (Lipinski definition) is 0. The van der Waals surface area contributed by atoms with Crippen molar-refractivity contribution in [3.63, 3.8) is 0 Å². The number of rotatable bonds is 0. The number of fused-ring (bicyclic) bond motifs is 1. The number of pyridine rings is 2. The third kappa shape index (κ3) is 2.07. The first-order valence-corrected chi connectivity index (χ1v) is 5.69. The lowest BCUT2D eigenvalue weighted by molar-refractivity contribution is 1.31. The van der Waals surface area contributed by atoms with Gasteiger partial charge >= 0.3 is 0 Å². The molecule has 2 heteroatoms. The summed E-state index contributed by atoms with van der Waals surface area (Å²) >= 11 is 0. The van der Waals surface area contributed by atoms with E-state index in [4.69, 9.17) is 0 Å². The van der Waals surface area contributed by atoms with Gasteiger partial charge in [-0.3, -0.25) is 9.97 Å². The molecule has 1 aromatic carbocycles. The van der Waals surface area contributed by atoms with Crippen molar-refractivity contribution in [1.82, 2.24) is 9.97 Å². The summed E-state index contributed by atoms with van der Waals surface area (Å²) in [7, 11) is 0. The highest BCUT2D eigenvalue weighted by molar-refractivity contribution is 5.84. The summed E-state index contributed by atoms with van der Waals surface area (Å²) in [4.78, 5) is 8.42. The van der Waals surface area contributed by atoms with Crippen molar-refractivity contribution >= 4 is 10.9 Å². The van der Waals surface area contributed by atoms with Gasteiger partial charge in [-0.2, -0.15) is 0 Å². The molecule has 0 aliphatic carbocycles. The van der Waals surface area contributed by atoms with Gasteiger partial charge in [0, 0.05) is 29.5 Å². The maximum Gasteiger partial charge on any atom is 0.0858 e. The van der Waals surface area contributed by atoms with Gasteiger partial charge in [0.2, 0.25) is 0 Å². The van der Waals surface area contributed by atoms with Gasteiger partial charge in [0.25, 0.3) is 0 Å². The quantitative estimate of drug-likeness (QED) is 0.555. The number of aromatic nitrogens is 2. The number of para-hydroxylation sites is 1. The molecule has 0 saturated carbocycles. The van der Waals surface area contributed by atoms with Crippen LogP contribution in [-0.2, 0) is 0 Å². The Kier molecular flexibility index (Phi) is 2.73. The lowest BCUT2D eigenvalue weighted by Gasteiger charge is -1.98. The fourth-order valence-electron chi connectivity index (χ4n) is 1.78. The Morgan fingerprint density at radius 2 is 1.72 bits per heavy atom. The van der Waals surface area contributed by atoms with E-state index in [1.807, 2.05) is 42.5 Å². The molecule has 2 heterocycles. The number of hydrogen-bond acceptors (Lipinski definition) is 2. The summed E-state index contributed by atoms with van der Waals surface area (Å²) in [5.41, 5.74) is 2.79. The van der Waals surface area contributed by atoms with E-state index in [9.17, 15) is 0 Å². The highest BCUT2D eigenvalue weighted by atomic mass is 14.6. The molecule has 0 bridgehead atoms. The average molecular weight is 230 g/mol. The molecule has 0 aliphatic rings. The van der Waals surface area contributed by atoms with Gasteiger partial charge < -0.3 is 0 Å². The van der Waals surface area contributed by atoms with E-state index in [0.717, 1.165) is 22.0 Å². The predicted molar refractivity (Wildman–Crippen MR) is 72.0 cm³/mol. The van der Waals surface area contributed by atoms with Crippen molar-refractivity contribution in [2.24, 2.45) is 0 Å². The van der Waals surface area contributed by atoms with Crippen molar-refractivity contribution in [2.45, 2.75) is 0 Å². The van der Waals surface area contributed by atoms with Gasteiger partial charge in [-0.05, 0) is 24.3 Å². The summed E-state index contributed by atoms with van der Waals surface area (Å²) in [6, 6.07) is 13.8. The van der Waals surface area contributed by atoms with Crippen molar-refractivity contribution in [1.29, 1.82) is 0 Å². The molecule has 0 fully saturated rings. The van der Waals surface area contributed by atoms with Crippen LogP contribution in [0.3, 0.4) is 0 Å². The molecular formula is C16H10N2. The Morgan fingerprint density at radius 3 is 2.61 bits per heavy atom. The molecule has 0 spiro atoms. The van der Waals surface area contributed by atoms with Gasteiger partial charge in [-0.25, -0.2) is 0 Å². The van der Waals surface area contributed by atoms with E-state index in [0.29, 0.717) is 0 Å². The van der Waals surface area contributed by atoms with Crippen molar-refractivity contribution in [3.8, 4) is 11.8 Å². The van der Waals surface area contributed by atoms with Gasteiger partial charge in [0.05, 0.1) is 11.1 Å². The van der Waals surface area contributed by atoms with Crippen LogP contribution in [0.25, 0.3) is 10.9 Å². The Labute approximate surface area is 105 Å². The first-order valence-electron chi connectivity index (χ1n) is 5.69. The second-order valence-corrected chi connectivity index (χ2v) is 3.87. The minimum atomic E-state index is 0.908. The van der Waals surface area contributed by atoms with Crippen LogP contribution < -0.4 is 0 Å². The molecule has 0 radical (unpaired) electrons. The molecule has 0 amide bonds. The van der Waals surface area contributed by atoms with Gasteiger partial charge in [0.15, 0.2) is 0 Å². The maximum atomic E-state index is 4.38. The third-order valence-electron chi connectivity index (χ3n) is 2.64. The molecule has 3 rings (SSSR count). The normalized spacial score (nSPS) is 9.78. The van der Waals surface area contributed by atoms with Gasteiger partial charge in [-0.15, -0.1) is 0 Å². The Balaban J connectivity index is 2.09. The molecule has 0 N–H and O–H groups in total. The van der Waals surface area contributed by atoms with E-state index >= 15 is 0 Å². The van der Waals surface area contributed by atoms with Crippen LogP contribution in [0.15, 0.2) is 61.1 Å². The summed E-state index contributed by atoms with van der Waals surface area (Å²) < 4.78 is 0. The lowest BCUT2D eigenvalue weighted by Crippen LogP contribution is -1.83. The molecular weight excluding hydrogens is 220 g/mol. The molecule has 3 aromatic rings. The van der Waals surface area contributed by atoms with Gasteiger partial charge in [-0.1, -0.05) is 30.0 Å². The largest absolute Gasteiger partial charge is 0.263 e. The molecule has 0 atom stereocenters. The maximum absolute atomic E-state index is 4.38. The molecule has 0 unspecified atom stereocenters. The highest BCUT2D eigenvalue weighted by Gasteiger charge is 1.97. The first kappa shape index (κ1) is 10.5. The third-order valence-corrected chi connectivity index (χ3v) is 2.64. The van der Waals surface area contributed by atoms with Crippen molar-refractivity contribution in [3.05, 3.63) is 72.2 Å². The summed E-state index contributed by atoms with van der Waals surface area (Å²) in [5, 5.41) is 1.11. The molecule has 0 aliphatic heterocycles. The fourth-order valence-corrected chi connectivity index (χ4v) is 1.78. The van der Waals surface area contributed by atoms with Crippen LogP contribution in [0.5, 0.6) is 0 Å². The van der Waals surface area contributed by atoms with Crippen LogP contribution in [0.1, 0.15) is 11.1 Å². The Hall–Kier alpha value is -2.66. The zero-order chi connectivity index (χ0) is 12.2. The predicted octanol–water partition coefficient (Wildman–Crippen LogP) is 3.03. The number of nitrogens with zero attached hydrogens (tertiary/aromatic N) is 2. The minimum Gasteiger partial charge on any atom is -0.263 e. The van der Waals surface area contributed by atoms with E-state index in [2.05, 4.69) is 21.8 Å². The second-order valence-electron chi connectivity index (χ2n) is 3.87. The standard InChI is InChI=1S/C16H10N2/c1-5-14-7-3-11-18-16(14)15(6-1)9-8-13-4-2-10-17-12-13/h1-7,10-12H. The molecule has 84 valence electrons. The Morgan fingerprint density at radius 1 is 0.833 bits per heavy atom. The summed E-state index contributed by atoms with van der Waals surface area (Å²) in [6.07, 6.45) is 5.29. The van der Waals surface area contributed by atoms with Crippen molar-refractivity contribution < 1.29 is 0 Å². The average Bonchev–Trinajstić information content (AvgIpc) is 2.46. The topological polar surface area (TPSA) is 25.8 Å².